The number of aryl methyl sites for hydroxylation is 1. The van der Waals surface area contributed by atoms with E-state index in [-0.39, 0.29) is 18.2 Å². The molecule has 3 aromatic carbocycles. The number of nitrogens with two attached hydrogens (primary N) is 1. The Balaban J connectivity index is 1.36. The summed E-state index contributed by atoms with van der Waals surface area (Å²) in [7, 11) is 0. The quantitative estimate of drug-likeness (QED) is 0.342. The van der Waals surface area contributed by atoms with Gasteiger partial charge in [0, 0.05) is 22.6 Å². The van der Waals surface area contributed by atoms with Gasteiger partial charge in [-0.1, -0.05) is 6.07 Å². The Morgan fingerprint density at radius 2 is 1.77 bits per heavy atom. The van der Waals surface area contributed by atoms with Crippen LogP contribution in [0.25, 0.3) is 20.8 Å². The van der Waals surface area contributed by atoms with Crippen molar-refractivity contribution in [3.05, 3.63) is 72.3 Å². The van der Waals surface area contributed by atoms with Crippen LogP contribution in [0.15, 0.2) is 71.6 Å². The van der Waals surface area contributed by atoms with Crippen LogP contribution in [0.5, 0.6) is 0 Å². The van der Waals surface area contributed by atoms with Gasteiger partial charge in [0.1, 0.15) is 5.01 Å². The number of carbonyl (C=O) groups excluding carboxylic acids is 2. The van der Waals surface area contributed by atoms with Gasteiger partial charge in [0.15, 0.2) is 0 Å². The lowest BCUT2D eigenvalue weighted by Crippen LogP contribution is -2.31. The Morgan fingerprint density at radius 1 is 1.03 bits per heavy atom. The topological polar surface area (TPSA) is 76.3 Å². The smallest absolute Gasteiger partial charge is 0.247 e. The van der Waals surface area contributed by atoms with Crippen molar-refractivity contribution >= 4 is 56.5 Å². The molecule has 0 bridgehead atoms. The van der Waals surface area contributed by atoms with Crippen molar-refractivity contribution in [2.24, 2.45) is 0 Å². The SMILES string of the molecule is Cc1ccc2sc(-c3ccc(N4C(=O)CC(Sc5ccc(N)cc5)C4=O)cc3)nc2c1. The van der Waals surface area contributed by atoms with Crippen LogP contribution in [-0.4, -0.2) is 22.0 Å². The lowest BCUT2D eigenvalue weighted by molar-refractivity contribution is -0.121. The highest BCUT2D eigenvalue weighted by molar-refractivity contribution is 8.00. The van der Waals surface area contributed by atoms with Gasteiger partial charge >= 0.3 is 0 Å². The van der Waals surface area contributed by atoms with Crippen LogP contribution in [0.4, 0.5) is 11.4 Å². The third-order valence-electron chi connectivity index (χ3n) is 5.18. The number of rotatable bonds is 4. The van der Waals surface area contributed by atoms with E-state index < -0.39 is 5.25 Å². The van der Waals surface area contributed by atoms with Crippen LogP contribution in [0.2, 0.25) is 0 Å². The minimum absolute atomic E-state index is 0.179. The van der Waals surface area contributed by atoms with E-state index in [0.717, 1.165) is 25.7 Å². The number of benzene rings is 3. The molecule has 5 rings (SSSR count). The van der Waals surface area contributed by atoms with E-state index in [0.29, 0.717) is 11.4 Å². The third kappa shape index (κ3) is 3.82. The molecule has 1 aliphatic rings. The van der Waals surface area contributed by atoms with Crippen molar-refractivity contribution in [3.63, 3.8) is 0 Å². The number of aromatic nitrogens is 1. The summed E-state index contributed by atoms with van der Waals surface area (Å²) in [6.07, 6.45) is 0.187. The first kappa shape index (κ1) is 19.8. The molecule has 2 N–H and O–H groups in total. The number of thiazole rings is 1. The van der Waals surface area contributed by atoms with Crippen LogP contribution < -0.4 is 10.6 Å². The minimum Gasteiger partial charge on any atom is -0.399 e. The van der Waals surface area contributed by atoms with E-state index in [1.54, 1.807) is 23.5 Å². The number of nitrogens with zero attached hydrogens (tertiary/aromatic N) is 2. The molecule has 1 unspecified atom stereocenters. The number of carbonyl (C=O) groups is 2. The van der Waals surface area contributed by atoms with E-state index >= 15 is 0 Å². The molecule has 154 valence electrons. The number of hydrogen-bond donors (Lipinski definition) is 1. The van der Waals surface area contributed by atoms with Crippen LogP contribution in [-0.2, 0) is 9.59 Å². The lowest BCUT2D eigenvalue weighted by Gasteiger charge is -2.15. The molecule has 2 amide bonds. The molecule has 1 aromatic heterocycles. The molecule has 1 aliphatic heterocycles. The van der Waals surface area contributed by atoms with Crippen LogP contribution in [0.3, 0.4) is 0 Å². The van der Waals surface area contributed by atoms with Gasteiger partial charge in [0.05, 0.1) is 21.2 Å². The highest BCUT2D eigenvalue weighted by atomic mass is 32.2. The fourth-order valence-corrected chi connectivity index (χ4v) is 5.60. The normalized spacial score (nSPS) is 16.4. The predicted octanol–water partition coefficient (Wildman–Crippen LogP) is 5.28. The van der Waals surface area contributed by atoms with Gasteiger partial charge in [-0.15, -0.1) is 23.1 Å². The van der Waals surface area contributed by atoms with Crippen LogP contribution >= 0.6 is 23.1 Å². The summed E-state index contributed by atoms with van der Waals surface area (Å²) >= 11 is 3.03. The maximum atomic E-state index is 12.9. The standard InChI is InChI=1S/C24H19N3O2S2/c1-14-2-11-20-19(12-14)26-23(31-20)15-3-7-17(8-4-15)27-22(28)13-21(24(27)29)30-18-9-5-16(25)6-10-18/h2-12,21H,13,25H2,1H3. The molecule has 2 heterocycles. The van der Waals surface area contributed by atoms with Gasteiger partial charge in [-0.25, -0.2) is 9.88 Å². The first-order chi connectivity index (χ1) is 15.0. The number of anilines is 2. The Hall–Kier alpha value is -3.16. The molecule has 0 spiro atoms. The zero-order valence-electron chi connectivity index (χ0n) is 16.7. The maximum absolute atomic E-state index is 12.9. The maximum Gasteiger partial charge on any atom is 0.247 e. The summed E-state index contributed by atoms with van der Waals surface area (Å²) in [4.78, 5) is 32.5. The van der Waals surface area contributed by atoms with E-state index in [1.165, 1.54) is 22.2 Å². The van der Waals surface area contributed by atoms with Gasteiger partial charge < -0.3 is 5.73 Å². The number of fused-ring (bicyclic) bond motifs is 1. The van der Waals surface area contributed by atoms with Gasteiger partial charge in [0.2, 0.25) is 11.8 Å². The summed E-state index contributed by atoms with van der Waals surface area (Å²) in [6, 6.07) is 21.0. The first-order valence-electron chi connectivity index (χ1n) is 9.84. The Kier molecular flexibility index (Phi) is 5.00. The highest BCUT2D eigenvalue weighted by Crippen LogP contribution is 2.36. The van der Waals surface area contributed by atoms with E-state index in [1.807, 2.05) is 36.4 Å². The molecular weight excluding hydrogens is 426 g/mol. The average molecular weight is 446 g/mol. The minimum atomic E-state index is -0.427. The second-order valence-electron chi connectivity index (χ2n) is 7.48. The zero-order chi connectivity index (χ0) is 21.5. The molecule has 1 atom stereocenters. The van der Waals surface area contributed by atoms with Gasteiger partial charge in [-0.05, 0) is 73.2 Å². The molecule has 0 saturated carbocycles. The lowest BCUT2D eigenvalue weighted by atomic mass is 10.2. The second kappa shape index (κ2) is 7.83. The molecular formula is C24H19N3O2S2. The number of nitrogen functional groups attached to an aromatic ring is 1. The summed E-state index contributed by atoms with van der Waals surface area (Å²) in [5, 5.41) is 0.492. The van der Waals surface area contributed by atoms with E-state index in [4.69, 9.17) is 10.7 Å². The summed E-state index contributed by atoms with van der Waals surface area (Å²) in [6.45, 7) is 2.05. The Morgan fingerprint density at radius 3 is 2.52 bits per heavy atom. The third-order valence-corrected chi connectivity index (χ3v) is 7.46. The number of amides is 2. The van der Waals surface area contributed by atoms with Crippen LogP contribution in [0.1, 0.15) is 12.0 Å². The molecule has 1 saturated heterocycles. The number of hydrogen-bond acceptors (Lipinski definition) is 6. The molecule has 4 aromatic rings. The Labute approximate surface area is 187 Å². The van der Waals surface area contributed by atoms with Crippen LogP contribution in [0, 0.1) is 6.92 Å². The van der Waals surface area contributed by atoms with Crippen molar-refractivity contribution < 1.29 is 9.59 Å². The fraction of sp³-hybridized carbons (Fsp3) is 0.125. The summed E-state index contributed by atoms with van der Waals surface area (Å²) in [5.41, 5.74) is 10.1. The molecule has 0 radical (unpaired) electrons. The van der Waals surface area contributed by atoms with E-state index in [2.05, 4.69) is 25.1 Å². The zero-order valence-corrected chi connectivity index (χ0v) is 18.4. The van der Waals surface area contributed by atoms with Crippen molar-refractivity contribution in [1.82, 2.24) is 4.98 Å². The van der Waals surface area contributed by atoms with Crippen molar-refractivity contribution in [3.8, 4) is 10.6 Å². The molecule has 1 fully saturated rings. The summed E-state index contributed by atoms with van der Waals surface area (Å²) in [5.74, 6) is -0.365. The van der Waals surface area contributed by atoms with Crippen molar-refractivity contribution in [2.45, 2.75) is 23.5 Å². The van der Waals surface area contributed by atoms with Crippen molar-refractivity contribution in [1.29, 1.82) is 0 Å². The second-order valence-corrected chi connectivity index (χ2v) is 9.79. The monoisotopic (exact) mass is 445 g/mol. The van der Waals surface area contributed by atoms with Gasteiger partial charge in [0.25, 0.3) is 0 Å². The number of imide groups is 1. The predicted molar refractivity (Wildman–Crippen MR) is 127 cm³/mol. The average Bonchev–Trinajstić information content (AvgIpc) is 3.30. The fourth-order valence-electron chi connectivity index (χ4n) is 3.59. The molecule has 0 aliphatic carbocycles. The Bertz CT molecular complexity index is 1300. The number of thioether (sulfide) groups is 1. The first-order valence-corrected chi connectivity index (χ1v) is 11.5. The highest BCUT2D eigenvalue weighted by Gasteiger charge is 2.40. The molecule has 5 nitrogen and oxygen atoms in total. The van der Waals surface area contributed by atoms with E-state index in [9.17, 15) is 9.59 Å². The van der Waals surface area contributed by atoms with Crippen molar-refractivity contribution in [2.75, 3.05) is 10.6 Å². The van der Waals surface area contributed by atoms with Gasteiger partial charge in [-0.2, -0.15) is 0 Å². The summed E-state index contributed by atoms with van der Waals surface area (Å²) < 4.78 is 1.14. The largest absolute Gasteiger partial charge is 0.399 e. The molecule has 31 heavy (non-hydrogen) atoms. The molecule has 7 heteroatoms. The van der Waals surface area contributed by atoms with Gasteiger partial charge in [-0.3, -0.25) is 9.59 Å².